The van der Waals surface area contributed by atoms with E-state index in [1.807, 2.05) is 61.5 Å². The van der Waals surface area contributed by atoms with E-state index in [-0.39, 0.29) is 19.9 Å². The maximum Gasteiger partial charge on any atom is 0.410 e. The molecule has 8 nitrogen and oxygen atoms in total. The van der Waals surface area contributed by atoms with Crippen molar-refractivity contribution in [3.8, 4) is 17.2 Å². The highest BCUT2D eigenvalue weighted by molar-refractivity contribution is 5.74. The summed E-state index contributed by atoms with van der Waals surface area (Å²) in [5.41, 5.74) is 2.18. The van der Waals surface area contributed by atoms with E-state index in [1.165, 1.54) is 4.90 Å². The lowest BCUT2D eigenvalue weighted by atomic mass is 9.90. The highest BCUT2D eigenvalue weighted by atomic mass is 16.6. The Morgan fingerprint density at radius 3 is 2.39 bits per heavy atom. The second kappa shape index (κ2) is 12.2. The molecule has 2 heterocycles. The van der Waals surface area contributed by atoms with Crippen LogP contribution in [0, 0.1) is 18.8 Å². The van der Waals surface area contributed by atoms with E-state index in [0.29, 0.717) is 31.9 Å². The molecule has 0 radical (unpaired) electrons. The number of aromatic nitrogens is 1. The molecule has 4 rings (SSSR count). The lowest BCUT2D eigenvalue weighted by molar-refractivity contribution is -0.142. The van der Waals surface area contributed by atoms with Crippen LogP contribution in [0.1, 0.15) is 45.2 Å². The molecule has 1 amide bonds. The van der Waals surface area contributed by atoms with Gasteiger partial charge in [-0.1, -0.05) is 37.8 Å². The van der Waals surface area contributed by atoms with Crippen molar-refractivity contribution in [2.45, 2.75) is 53.6 Å². The molecule has 8 heteroatoms. The topological polar surface area (TPSA) is 102 Å². The summed E-state index contributed by atoms with van der Waals surface area (Å²) in [5, 5.41) is 9.70. The number of rotatable bonds is 8. The Labute approximate surface area is 224 Å². The van der Waals surface area contributed by atoms with Gasteiger partial charge in [0.1, 0.15) is 17.1 Å². The van der Waals surface area contributed by atoms with Gasteiger partial charge in [-0.3, -0.25) is 4.79 Å². The summed E-state index contributed by atoms with van der Waals surface area (Å²) in [6, 6.07) is 17.4. The molecule has 2 atom stereocenters. The summed E-state index contributed by atoms with van der Waals surface area (Å²) in [5.74, 6) is 0.400. The lowest BCUT2D eigenvalue weighted by Crippen LogP contribution is -2.36. The van der Waals surface area contributed by atoms with Gasteiger partial charge >= 0.3 is 12.1 Å². The van der Waals surface area contributed by atoms with Crippen LogP contribution >= 0.6 is 0 Å². The summed E-state index contributed by atoms with van der Waals surface area (Å²) in [6.07, 6.45) is 0.701. The molecule has 0 bridgehead atoms. The number of aliphatic carboxylic acids is 1. The number of oxazole rings is 1. The van der Waals surface area contributed by atoms with E-state index >= 15 is 0 Å². The van der Waals surface area contributed by atoms with Gasteiger partial charge in [0.2, 0.25) is 5.89 Å². The van der Waals surface area contributed by atoms with Gasteiger partial charge in [-0.15, -0.1) is 0 Å². The molecule has 1 fully saturated rings. The van der Waals surface area contributed by atoms with Gasteiger partial charge in [0.15, 0.2) is 0 Å². The molecule has 0 spiro atoms. The first-order valence-electron chi connectivity index (χ1n) is 12.5. The maximum absolute atomic E-state index is 12.5. The zero-order valence-corrected chi connectivity index (χ0v) is 21.8. The number of carbonyl (C=O) groups is 2. The highest BCUT2D eigenvalue weighted by Crippen LogP contribution is 2.29. The predicted octanol–water partition coefficient (Wildman–Crippen LogP) is 6.02. The summed E-state index contributed by atoms with van der Waals surface area (Å²) in [6.45, 7) is 8.26. The summed E-state index contributed by atoms with van der Waals surface area (Å²) >= 11 is 0. The molecule has 2 aromatic carbocycles. The highest BCUT2D eigenvalue weighted by Gasteiger charge is 2.40. The van der Waals surface area contributed by atoms with Crippen molar-refractivity contribution >= 4 is 12.1 Å². The van der Waals surface area contributed by atoms with Gasteiger partial charge in [-0.2, -0.15) is 0 Å². The SMILES string of the molecule is C.Cc1oc(-c2ccccc2)nc1CCOc1ccc(C[C@@H]2CN(C(=O)OC(C)(C)C)C[C@@H]2C(=O)O)cc1. The number of hydrogen-bond donors (Lipinski definition) is 1. The number of carboxylic acids is 1. The van der Waals surface area contributed by atoms with Crippen LogP contribution in [0.3, 0.4) is 0 Å². The normalized spacial score (nSPS) is 17.1. The van der Waals surface area contributed by atoms with Gasteiger partial charge in [0, 0.05) is 25.1 Å². The van der Waals surface area contributed by atoms with E-state index in [1.54, 1.807) is 20.8 Å². The number of ether oxygens (including phenoxy) is 2. The van der Waals surface area contributed by atoms with Crippen LogP contribution in [-0.2, 0) is 22.4 Å². The maximum atomic E-state index is 12.5. The van der Waals surface area contributed by atoms with Crippen molar-refractivity contribution in [1.82, 2.24) is 9.88 Å². The molecule has 38 heavy (non-hydrogen) atoms. The number of amides is 1. The van der Waals surface area contributed by atoms with E-state index in [0.717, 1.165) is 28.3 Å². The van der Waals surface area contributed by atoms with Crippen LogP contribution in [0.5, 0.6) is 5.75 Å². The van der Waals surface area contributed by atoms with Gasteiger partial charge in [0.05, 0.1) is 18.2 Å². The Kier molecular flexibility index (Phi) is 9.20. The van der Waals surface area contributed by atoms with Crippen molar-refractivity contribution in [1.29, 1.82) is 0 Å². The number of likely N-dealkylation sites (tertiary alicyclic amines) is 1. The lowest BCUT2D eigenvalue weighted by Gasteiger charge is -2.24. The monoisotopic (exact) mass is 522 g/mol. The molecular formula is C30H38N2O6. The second-order valence-corrected chi connectivity index (χ2v) is 10.4. The quantitative estimate of drug-likeness (QED) is 0.386. The fourth-order valence-corrected chi connectivity index (χ4v) is 4.49. The largest absolute Gasteiger partial charge is 0.493 e. The standard InChI is InChI=1S/C29H34N2O6.CH4/c1-19-25(30-26(36-19)21-8-6-5-7-9-21)14-15-35-23-12-10-20(11-13-23)16-22-17-31(18-24(22)27(32)33)28(34)37-29(2,3)4;/h5-13,22,24H,14-18H2,1-4H3,(H,32,33);1H4/t22-,24+;/m1./s1. The first-order chi connectivity index (χ1) is 17.6. The predicted molar refractivity (Wildman–Crippen MR) is 145 cm³/mol. The van der Waals surface area contributed by atoms with Gasteiger partial charge in [-0.05, 0) is 69.9 Å². The molecule has 0 unspecified atom stereocenters. The van der Waals surface area contributed by atoms with Gasteiger partial charge in [-0.25, -0.2) is 9.78 Å². The Balaban J connectivity index is 0.00000400. The van der Waals surface area contributed by atoms with Crippen molar-refractivity contribution < 1.29 is 28.6 Å². The smallest absolute Gasteiger partial charge is 0.410 e. The van der Waals surface area contributed by atoms with E-state index < -0.39 is 23.6 Å². The van der Waals surface area contributed by atoms with Crippen LogP contribution in [0.4, 0.5) is 4.79 Å². The minimum atomic E-state index is -0.894. The van der Waals surface area contributed by atoms with E-state index in [4.69, 9.17) is 13.9 Å². The van der Waals surface area contributed by atoms with Crippen LogP contribution in [0.15, 0.2) is 59.0 Å². The summed E-state index contributed by atoms with van der Waals surface area (Å²) in [4.78, 5) is 30.4. The second-order valence-electron chi connectivity index (χ2n) is 10.4. The molecule has 1 aromatic heterocycles. The van der Waals surface area contributed by atoms with Crippen LogP contribution in [0.2, 0.25) is 0 Å². The Morgan fingerprint density at radius 2 is 1.76 bits per heavy atom. The van der Waals surface area contributed by atoms with Gasteiger partial charge in [0.25, 0.3) is 0 Å². The fraction of sp³-hybridized carbons (Fsp3) is 0.433. The minimum absolute atomic E-state index is 0. The van der Waals surface area contributed by atoms with Crippen LogP contribution < -0.4 is 4.74 Å². The number of carboxylic acid groups (broad SMARTS) is 1. The first kappa shape index (κ1) is 28.8. The van der Waals surface area contributed by atoms with Crippen molar-refractivity contribution in [3.05, 3.63) is 71.6 Å². The molecule has 3 aromatic rings. The number of nitrogens with zero attached hydrogens (tertiary/aromatic N) is 2. The van der Waals surface area contributed by atoms with Crippen LogP contribution in [0.25, 0.3) is 11.5 Å². The average molecular weight is 523 g/mol. The fourth-order valence-electron chi connectivity index (χ4n) is 4.49. The number of carbonyl (C=O) groups excluding carboxylic acids is 1. The molecule has 1 saturated heterocycles. The van der Waals surface area contributed by atoms with E-state index in [9.17, 15) is 14.7 Å². The van der Waals surface area contributed by atoms with Crippen molar-refractivity contribution in [3.63, 3.8) is 0 Å². The molecule has 1 N–H and O–H groups in total. The van der Waals surface area contributed by atoms with Crippen LogP contribution in [-0.4, -0.2) is 52.4 Å². The number of aryl methyl sites for hydroxylation is 1. The Hall–Kier alpha value is -3.81. The first-order valence-corrected chi connectivity index (χ1v) is 12.5. The average Bonchev–Trinajstić information content (AvgIpc) is 3.44. The third kappa shape index (κ3) is 7.37. The van der Waals surface area contributed by atoms with Crippen molar-refractivity contribution in [2.24, 2.45) is 11.8 Å². The third-order valence-corrected chi connectivity index (χ3v) is 6.35. The van der Waals surface area contributed by atoms with Crippen molar-refractivity contribution in [2.75, 3.05) is 19.7 Å². The summed E-state index contributed by atoms with van der Waals surface area (Å²) < 4.78 is 17.2. The molecule has 1 aliphatic heterocycles. The third-order valence-electron chi connectivity index (χ3n) is 6.35. The number of benzene rings is 2. The van der Waals surface area contributed by atoms with Gasteiger partial charge < -0.3 is 23.9 Å². The molecule has 204 valence electrons. The summed E-state index contributed by atoms with van der Waals surface area (Å²) in [7, 11) is 0. The van der Waals surface area contributed by atoms with E-state index in [2.05, 4.69) is 4.98 Å². The minimum Gasteiger partial charge on any atom is -0.493 e. The number of hydrogen-bond acceptors (Lipinski definition) is 6. The molecule has 0 saturated carbocycles. The Morgan fingerprint density at radius 1 is 1.08 bits per heavy atom. The molecular weight excluding hydrogens is 484 g/mol. The molecule has 1 aliphatic rings. The zero-order chi connectivity index (χ0) is 26.6. The molecule has 0 aliphatic carbocycles. The zero-order valence-electron chi connectivity index (χ0n) is 21.8. The Bertz CT molecular complexity index is 1210.